The molecule has 0 bridgehead atoms. The van der Waals surface area contributed by atoms with Crippen LogP contribution in [0.4, 0.5) is 4.39 Å². The van der Waals surface area contributed by atoms with Gasteiger partial charge in [-0.15, -0.1) is 0 Å². The van der Waals surface area contributed by atoms with Crippen LogP contribution in [0.3, 0.4) is 0 Å². The number of ether oxygens (including phenoxy) is 3. The topological polar surface area (TPSA) is 177 Å². The molecule has 8 atom stereocenters. The summed E-state index contributed by atoms with van der Waals surface area (Å²) in [6.45, 7) is 7.35. The third kappa shape index (κ3) is 6.44. The Hall–Kier alpha value is -2.97. The van der Waals surface area contributed by atoms with Gasteiger partial charge in [0.15, 0.2) is 23.7 Å². The molecule has 262 valence electrons. The molecule has 3 fully saturated rings. The van der Waals surface area contributed by atoms with E-state index >= 15 is 4.39 Å². The first kappa shape index (κ1) is 36.9. The summed E-state index contributed by atoms with van der Waals surface area (Å²) in [7, 11) is -4.64. The number of alkyl halides is 1. The molecule has 1 unspecified atom stereocenters. The molecule has 0 saturated heterocycles. The molecule has 4 aliphatic carbocycles. The Bertz CT molecular complexity index is 1470. The van der Waals surface area contributed by atoms with Crippen LogP contribution in [0.15, 0.2) is 23.8 Å². The highest BCUT2D eigenvalue weighted by molar-refractivity contribution is 7.80. The van der Waals surface area contributed by atoms with E-state index in [4.69, 9.17) is 18.8 Å². The predicted octanol–water partition coefficient (Wildman–Crippen LogP) is 4.36. The van der Waals surface area contributed by atoms with Gasteiger partial charge in [-0.2, -0.15) is 8.42 Å². The summed E-state index contributed by atoms with van der Waals surface area (Å²) in [6, 6.07) is 0. The first-order chi connectivity index (χ1) is 21.9. The van der Waals surface area contributed by atoms with Crippen molar-refractivity contribution in [2.75, 3.05) is 13.2 Å². The van der Waals surface area contributed by atoms with Gasteiger partial charge < -0.3 is 14.2 Å². The number of unbranched alkanes of at least 4 members (excludes halogenated alkanes) is 1. The number of esters is 3. The van der Waals surface area contributed by atoms with Crippen LogP contribution in [0, 0.1) is 28.6 Å². The number of carbonyl (C=O) groups is 5. The van der Waals surface area contributed by atoms with E-state index in [0.717, 1.165) is 0 Å². The third-order valence-electron chi connectivity index (χ3n) is 11.1. The van der Waals surface area contributed by atoms with Crippen LogP contribution >= 0.6 is 0 Å². The quantitative estimate of drug-likeness (QED) is 0.126. The fourth-order valence-electron chi connectivity index (χ4n) is 8.85. The summed E-state index contributed by atoms with van der Waals surface area (Å²) < 4.78 is 70.5. The van der Waals surface area contributed by atoms with Gasteiger partial charge in [0, 0.05) is 41.9 Å². The van der Waals surface area contributed by atoms with Gasteiger partial charge in [0.1, 0.15) is 6.10 Å². The van der Waals surface area contributed by atoms with Crippen LogP contribution < -0.4 is 0 Å². The van der Waals surface area contributed by atoms with Crippen molar-refractivity contribution in [1.29, 1.82) is 0 Å². The molecule has 0 radical (unpaired) electrons. The van der Waals surface area contributed by atoms with E-state index in [2.05, 4.69) is 4.18 Å². The van der Waals surface area contributed by atoms with Crippen LogP contribution in [0.5, 0.6) is 0 Å². The lowest BCUT2D eigenvalue weighted by Gasteiger charge is -2.63. The van der Waals surface area contributed by atoms with Gasteiger partial charge in [-0.3, -0.25) is 28.5 Å². The minimum absolute atomic E-state index is 0.0291. The van der Waals surface area contributed by atoms with Crippen LogP contribution in [0.1, 0.15) is 92.4 Å². The smallest absolute Gasteiger partial charge is 0.397 e. The first-order valence-electron chi connectivity index (χ1n) is 16.2. The number of Topliss-reactive ketones (excluding diaryl/α,β-unsaturated/α-hetero) is 1. The Morgan fingerprint density at radius 2 is 1.72 bits per heavy atom. The average molecular weight is 685 g/mol. The predicted molar refractivity (Wildman–Crippen MR) is 163 cm³/mol. The Labute approximate surface area is 274 Å². The zero-order valence-electron chi connectivity index (χ0n) is 27.5. The third-order valence-corrected chi connectivity index (χ3v) is 11.5. The van der Waals surface area contributed by atoms with Crippen molar-refractivity contribution in [3.63, 3.8) is 0 Å². The maximum atomic E-state index is 18.4. The van der Waals surface area contributed by atoms with Gasteiger partial charge in [-0.1, -0.05) is 39.3 Å². The Kier molecular flexibility index (Phi) is 10.6. The summed E-state index contributed by atoms with van der Waals surface area (Å²) in [6.07, 6.45) is 3.55. The van der Waals surface area contributed by atoms with Gasteiger partial charge in [-0.05, 0) is 63.5 Å². The average Bonchev–Trinajstić information content (AvgIpc) is 3.21. The highest BCUT2D eigenvalue weighted by Gasteiger charge is 2.78. The lowest BCUT2D eigenvalue weighted by molar-refractivity contribution is -0.236. The molecule has 0 spiro atoms. The number of allylic oxidation sites excluding steroid dienone is 4. The number of ketones is 2. The lowest BCUT2D eigenvalue weighted by atomic mass is 9.44. The Morgan fingerprint density at radius 1 is 1.04 bits per heavy atom. The number of rotatable bonds is 13. The Morgan fingerprint density at radius 3 is 2.36 bits per heavy atom. The van der Waals surface area contributed by atoms with Gasteiger partial charge >= 0.3 is 28.3 Å². The lowest BCUT2D eigenvalue weighted by Crippen LogP contribution is -2.70. The molecule has 1 N–H and O–H groups in total. The molecule has 0 heterocycles. The van der Waals surface area contributed by atoms with Crippen LogP contribution in [0.25, 0.3) is 0 Å². The Balaban J connectivity index is 1.77. The summed E-state index contributed by atoms with van der Waals surface area (Å²) in [5.74, 6) is -4.83. The summed E-state index contributed by atoms with van der Waals surface area (Å²) >= 11 is 0. The maximum absolute atomic E-state index is 18.4. The van der Waals surface area contributed by atoms with Crippen molar-refractivity contribution in [2.24, 2.45) is 28.6 Å². The van der Waals surface area contributed by atoms with Crippen LogP contribution in [-0.2, 0) is 52.8 Å². The molecule has 4 rings (SSSR count). The van der Waals surface area contributed by atoms with Crippen molar-refractivity contribution in [3.8, 4) is 0 Å². The molecule has 0 aliphatic heterocycles. The first-order valence-corrected chi connectivity index (χ1v) is 17.6. The second kappa shape index (κ2) is 13.5. The molecule has 0 aromatic rings. The maximum Gasteiger partial charge on any atom is 0.397 e. The van der Waals surface area contributed by atoms with Gasteiger partial charge in [0.05, 0.1) is 6.61 Å². The standard InChI is InChI=1S/C33H45FO12S/c1-6-27(37)43-19-25(36)33(46-28(38)7-2)20(3)16-24-23-12-11-21-17-22(35)13-14-30(21,4)32(23,34)26(18-31(24,33)5)45-29(39)10-8-9-15-44-47(40,41)42/h13-14,17,20,23-24,26H,6-12,15-16,18-19H2,1-5H3,(H,40,41,42)/t20-,23-,24-,26-,30-,31-,32?,33-/m0/s1. The normalized spacial score (nSPS) is 36.0. The number of carbonyl (C=O) groups excluding carboxylic acids is 5. The van der Waals surface area contributed by atoms with Gasteiger partial charge in [-0.25, -0.2) is 8.57 Å². The van der Waals surface area contributed by atoms with E-state index in [1.807, 2.05) is 0 Å². The monoisotopic (exact) mass is 684 g/mol. The van der Waals surface area contributed by atoms with E-state index < -0.39 is 86.7 Å². The number of hydrogen-bond donors (Lipinski definition) is 1. The van der Waals surface area contributed by atoms with Crippen LogP contribution in [-0.4, -0.2) is 73.0 Å². The highest BCUT2D eigenvalue weighted by Crippen LogP contribution is 2.72. The molecule has 12 nitrogen and oxygen atoms in total. The van der Waals surface area contributed by atoms with Crippen molar-refractivity contribution in [2.45, 2.75) is 110 Å². The number of halogens is 1. The molecule has 0 amide bonds. The molecule has 4 aliphatic rings. The number of fused-ring (bicyclic) bond motifs is 5. The summed E-state index contributed by atoms with van der Waals surface area (Å²) in [5.41, 5.74) is -6.02. The summed E-state index contributed by atoms with van der Waals surface area (Å²) in [4.78, 5) is 64.9. The van der Waals surface area contributed by atoms with E-state index in [1.54, 1.807) is 34.6 Å². The zero-order chi connectivity index (χ0) is 35.0. The van der Waals surface area contributed by atoms with Gasteiger partial charge in [0.25, 0.3) is 0 Å². The van der Waals surface area contributed by atoms with Crippen molar-refractivity contribution in [3.05, 3.63) is 23.8 Å². The van der Waals surface area contributed by atoms with E-state index in [1.165, 1.54) is 18.2 Å². The van der Waals surface area contributed by atoms with E-state index in [-0.39, 0.29) is 57.3 Å². The largest absolute Gasteiger partial charge is 0.459 e. The zero-order valence-corrected chi connectivity index (χ0v) is 28.4. The van der Waals surface area contributed by atoms with Gasteiger partial charge in [0.2, 0.25) is 5.78 Å². The second-order valence-electron chi connectivity index (χ2n) is 13.6. The summed E-state index contributed by atoms with van der Waals surface area (Å²) in [5, 5.41) is 0. The minimum atomic E-state index is -4.64. The van der Waals surface area contributed by atoms with Crippen molar-refractivity contribution in [1.82, 2.24) is 0 Å². The molecular formula is C33H45FO12S. The molecule has 47 heavy (non-hydrogen) atoms. The second-order valence-corrected chi connectivity index (χ2v) is 14.7. The van der Waals surface area contributed by atoms with E-state index in [9.17, 15) is 32.4 Å². The molecule has 0 aromatic carbocycles. The number of hydrogen-bond acceptors (Lipinski definition) is 11. The molecule has 3 saturated carbocycles. The van der Waals surface area contributed by atoms with Crippen LogP contribution in [0.2, 0.25) is 0 Å². The fourth-order valence-corrected chi connectivity index (χ4v) is 9.18. The molecule has 0 aromatic heterocycles. The molecule has 14 heteroatoms. The minimum Gasteiger partial charge on any atom is -0.459 e. The van der Waals surface area contributed by atoms with Crippen molar-refractivity contribution >= 4 is 39.9 Å². The SMILES string of the molecule is CCC(=O)OCC(=O)[C@@]1(OC(=O)CC)[C@@H](C)C[C@H]2[C@@H]3CCC4=CC(=O)C=C[C@]4(C)C3(F)[C@@H](OC(=O)CCCCOS(=O)(=O)O)C[C@@]21C. The highest BCUT2D eigenvalue weighted by atomic mass is 32.3. The molecular weight excluding hydrogens is 639 g/mol. The van der Waals surface area contributed by atoms with Crippen molar-refractivity contribution < 1.29 is 59.7 Å². The fraction of sp³-hybridized carbons (Fsp3) is 0.727. The van der Waals surface area contributed by atoms with E-state index in [0.29, 0.717) is 18.4 Å².